The van der Waals surface area contributed by atoms with Crippen LogP contribution in [0.2, 0.25) is 10.0 Å². The zero-order valence-corrected chi connectivity index (χ0v) is 26.9. The van der Waals surface area contributed by atoms with Gasteiger partial charge in [-0.3, -0.25) is 9.20 Å². The Balaban J connectivity index is 1.41. The maximum absolute atomic E-state index is 15.8. The molecule has 1 fully saturated rings. The molecule has 0 aliphatic carbocycles. The van der Waals surface area contributed by atoms with E-state index in [1.807, 2.05) is 6.07 Å². The minimum Gasteiger partial charge on any atom is -0.495 e. The summed E-state index contributed by atoms with van der Waals surface area (Å²) in [5, 5.41) is 6.91. The zero-order valence-electron chi connectivity index (χ0n) is 25.4. The van der Waals surface area contributed by atoms with Crippen molar-refractivity contribution in [1.29, 1.82) is 0 Å². The molecular weight excluding hydrogens is 634 g/mol. The van der Waals surface area contributed by atoms with Gasteiger partial charge in [-0.25, -0.2) is 14.4 Å². The number of anilines is 4. The Morgan fingerprint density at radius 3 is 2.41 bits per heavy atom. The molecule has 1 saturated heterocycles. The number of pyridine rings is 1. The number of rotatable bonds is 9. The van der Waals surface area contributed by atoms with Gasteiger partial charge < -0.3 is 29.9 Å². The van der Waals surface area contributed by atoms with Crippen molar-refractivity contribution in [2.45, 2.75) is 6.92 Å². The van der Waals surface area contributed by atoms with E-state index in [9.17, 15) is 4.79 Å². The number of carbonyl (C=O) groups is 1. The van der Waals surface area contributed by atoms with E-state index >= 15 is 4.39 Å². The lowest BCUT2D eigenvalue weighted by Crippen LogP contribution is -2.46. The van der Waals surface area contributed by atoms with Crippen molar-refractivity contribution in [1.82, 2.24) is 24.3 Å². The second kappa shape index (κ2) is 13.0. The van der Waals surface area contributed by atoms with Crippen LogP contribution in [-0.2, 0) is 4.79 Å². The third-order valence-electron chi connectivity index (χ3n) is 7.99. The quantitative estimate of drug-likeness (QED) is 0.173. The Bertz CT molecular complexity index is 1950. The molecular formula is C32H31Cl2FN8O3. The van der Waals surface area contributed by atoms with Crippen molar-refractivity contribution in [2.24, 2.45) is 0 Å². The highest BCUT2D eigenvalue weighted by Gasteiger charge is 2.24. The van der Waals surface area contributed by atoms with E-state index in [2.05, 4.69) is 43.9 Å². The lowest BCUT2D eigenvalue weighted by Gasteiger charge is -2.35. The molecule has 4 heterocycles. The van der Waals surface area contributed by atoms with Crippen molar-refractivity contribution >= 4 is 68.8 Å². The number of benzene rings is 2. The van der Waals surface area contributed by atoms with E-state index in [-0.39, 0.29) is 27.4 Å². The predicted octanol–water partition coefficient (Wildman–Crippen LogP) is 6.42. The summed E-state index contributed by atoms with van der Waals surface area (Å²) in [6, 6.07) is 6.62. The molecule has 0 atom stereocenters. The molecule has 0 spiro atoms. The molecule has 0 saturated carbocycles. The fraction of sp³-hybridized carbons (Fsp3) is 0.250. The number of methoxy groups -OCH3 is 2. The number of amides is 1. The Labute approximate surface area is 274 Å². The highest BCUT2D eigenvalue weighted by atomic mass is 35.5. The van der Waals surface area contributed by atoms with Crippen LogP contribution in [0.4, 0.5) is 27.4 Å². The fourth-order valence-corrected chi connectivity index (χ4v) is 6.26. The lowest BCUT2D eigenvalue weighted by molar-refractivity contribution is -0.111. The number of carbonyl (C=O) groups excluding carboxylic acids is 1. The summed E-state index contributed by atoms with van der Waals surface area (Å²) in [5.41, 5.74) is 2.99. The number of ether oxygens (including phenoxy) is 2. The van der Waals surface area contributed by atoms with E-state index < -0.39 is 11.7 Å². The minimum atomic E-state index is -0.571. The van der Waals surface area contributed by atoms with Gasteiger partial charge in [-0.2, -0.15) is 4.98 Å². The van der Waals surface area contributed by atoms with Crippen LogP contribution in [0.25, 0.3) is 27.8 Å². The lowest BCUT2D eigenvalue weighted by atomic mass is 10.0. The molecule has 6 rings (SSSR count). The molecule has 0 bridgehead atoms. The van der Waals surface area contributed by atoms with Crippen LogP contribution in [0.15, 0.2) is 55.5 Å². The van der Waals surface area contributed by atoms with E-state index in [1.54, 1.807) is 35.1 Å². The molecule has 0 radical (unpaired) electrons. The number of hydrogen-bond donors (Lipinski definition) is 2. The first-order chi connectivity index (χ1) is 22.3. The Morgan fingerprint density at radius 2 is 1.76 bits per heavy atom. The smallest absolute Gasteiger partial charge is 0.247 e. The molecule has 11 nitrogen and oxygen atoms in total. The van der Waals surface area contributed by atoms with Crippen molar-refractivity contribution in [3.63, 3.8) is 0 Å². The second-order valence-corrected chi connectivity index (χ2v) is 11.3. The molecule has 1 aliphatic heterocycles. The highest BCUT2D eigenvalue weighted by Crippen LogP contribution is 2.47. The standard InChI is InChI=1S/C32H31Cl2FN8O3/c1-5-25(44)38-22-15-19(42-11-9-41(6-2)10-12-42)14-21(35)29(22)39-32-37-17-18-13-20(31-36-7-8-43(31)30(18)40-32)26-27(33)23(45-3)16-24(46-4)28(26)34/h5,7-8,13-17H,1,6,9-12H2,2-4H3,(H,38,44)(H,37,39,40). The molecule has 2 N–H and O–H groups in total. The summed E-state index contributed by atoms with van der Waals surface area (Å²) < 4.78 is 28.5. The first kappa shape index (κ1) is 31.3. The van der Waals surface area contributed by atoms with Gasteiger partial charge >= 0.3 is 0 Å². The van der Waals surface area contributed by atoms with Gasteiger partial charge in [-0.15, -0.1) is 0 Å². The normalized spacial score (nSPS) is 13.7. The van der Waals surface area contributed by atoms with Gasteiger partial charge in [0.25, 0.3) is 0 Å². The fourth-order valence-electron chi connectivity index (χ4n) is 5.56. The molecule has 2 aromatic carbocycles. The number of aromatic nitrogens is 4. The van der Waals surface area contributed by atoms with E-state index in [0.29, 0.717) is 45.0 Å². The largest absolute Gasteiger partial charge is 0.495 e. The van der Waals surface area contributed by atoms with E-state index in [4.69, 9.17) is 37.7 Å². The summed E-state index contributed by atoms with van der Waals surface area (Å²) in [7, 11) is 3.01. The van der Waals surface area contributed by atoms with Crippen LogP contribution in [0.3, 0.4) is 0 Å². The Kier molecular flexibility index (Phi) is 8.85. The summed E-state index contributed by atoms with van der Waals surface area (Å²) in [4.78, 5) is 30.5. The van der Waals surface area contributed by atoms with Crippen molar-refractivity contribution in [3.8, 4) is 22.6 Å². The van der Waals surface area contributed by atoms with Gasteiger partial charge in [0.15, 0.2) is 11.5 Å². The first-order valence-electron chi connectivity index (χ1n) is 14.5. The third-order valence-corrected chi connectivity index (χ3v) is 8.74. The van der Waals surface area contributed by atoms with Crippen LogP contribution < -0.4 is 25.0 Å². The first-order valence-corrected chi connectivity index (χ1v) is 15.3. The monoisotopic (exact) mass is 664 g/mol. The Morgan fingerprint density at radius 1 is 1.04 bits per heavy atom. The van der Waals surface area contributed by atoms with Gasteiger partial charge in [0.1, 0.15) is 22.8 Å². The molecule has 5 aromatic rings. The van der Waals surface area contributed by atoms with Gasteiger partial charge in [-0.05, 0) is 30.8 Å². The molecule has 3 aromatic heterocycles. The Hall–Kier alpha value is -4.65. The van der Waals surface area contributed by atoms with Crippen LogP contribution in [0.1, 0.15) is 6.92 Å². The zero-order chi connectivity index (χ0) is 32.5. The number of piperazine rings is 1. The summed E-state index contributed by atoms with van der Waals surface area (Å²) >= 11 is 13.5. The summed E-state index contributed by atoms with van der Waals surface area (Å²) in [6.45, 7) is 9.83. The second-order valence-electron chi connectivity index (χ2n) is 10.5. The molecule has 238 valence electrons. The van der Waals surface area contributed by atoms with Gasteiger partial charge in [0.2, 0.25) is 11.9 Å². The maximum atomic E-state index is 15.8. The van der Waals surface area contributed by atoms with Crippen LogP contribution in [0.5, 0.6) is 11.5 Å². The number of fused-ring (bicyclic) bond motifs is 3. The predicted molar refractivity (Wildman–Crippen MR) is 180 cm³/mol. The number of likely N-dealkylation sites (N-methyl/N-ethyl adjacent to an activating group) is 1. The average molecular weight is 666 g/mol. The van der Waals surface area contributed by atoms with Crippen LogP contribution in [0, 0.1) is 5.82 Å². The SMILES string of the molecule is C=CC(=O)Nc1cc(N2CCN(CC)CC2)cc(F)c1Nc1ncc2cc(-c3c(Cl)c(OC)cc(OC)c3Cl)c3nccn3c2n1. The van der Waals surface area contributed by atoms with Crippen molar-refractivity contribution < 1.29 is 18.7 Å². The number of imidazole rings is 1. The number of hydrogen-bond acceptors (Lipinski definition) is 9. The highest BCUT2D eigenvalue weighted by molar-refractivity contribution is 6.41. The molecule has 46 heavy (non-hydrogen) atoms. The average Bonchev–Trinajstić information content (AvgIpc) is 3.57. The van der Waals surface area contributed by atoms with Gasteiger partial charge in [0, 0.05) is 73.0 Å². The number of nitrogens with one attached hydrogen (secondary N) is 2. The van der Waals surface area contributed by atoms with Crippen LogP contribution in [-0.4, -0.2) is 77.1 Å². The number of halogens is 3. The molecule has 1 aliphatic rings. The number of nitrogens with zero attached hydrogens (tertiary/aromatic N) is 6. The topological polar surface area (TPSA) is 109 Å². The van der Waals surface area contributed by atoms with Crippen LogP contribution >= 0.6 is 23.2 Å². The molecule has 14 heteroatoms. The minimum absolute atomic E-state index is 0.0195. The van der Waals surface area contributed by atoms with Gasteiger partial charge in [-0.1, -0.05) is 36.7 Å². The molecule has 1 amide bonds. The third kappa shape index (κ3) is 5.75. The molecule has 0 unspecified atom stereocenters. The van der Waals surface area contributed by atoms with E-state index in [1.165, 1.54) is 20.3 Å². The van der Waals surface area contributed by atoms with E-state index in [0.717, 1.165) is 38.8 Å². The van der Waals surface area contributed by atoms with Gasteiger partial charge in [0.05, 0.1) is 30.0 Å². The summed E-state index contributed by atoms with van der Waals surface area (Å²) in [5.74, 6) is -0.179. The summed E-state index contributed by atoms with van der Waals surface area (Å²) in [6.07, 6.45) is 6.08. The van der Waals surface area contributed by atoms with Crippen molar-refractivity contribution in [2.75, 3.05) is 62.5 Å². The maximum Gasteiger partial charge on any atom is 0.247 e. The van der Waals surface area contributed by atoms with Crippen molar-refractivity contribution in [3.05, 3.63) is 71.4 Å².